The van der Waals surface area contributed by atoms with Crippen molar-refractivity contribution < 1.29 is 18.0 Å². The third-order valence-corrected chi connectivity index (χ3v) is 5.82. The zero-order valence-electron chi connectivity index (χ0n) is 14.3. The van der Waals surface area contributed by atoms with Crippen LogP contribution in [0, 0.1) is 5.41 Å². The molecule has 2 saturated heterocycles. The molecule has 0 bridgehead atoms. The van der Waals surface area contributed by atoms with Crippen LogP contribution in [0.4, 0.5) is 4.79 Å². The van der Waals surface area contributed by atoms with Crippen LogP contribution in [0.15, 0.2) is 0 Å². The molecule has 132 valence electrons. The van der Waals surface area contributed by atoms with E-state index < -0.39 is 15.4 Å². The first kappa shape index (κ1) is 18.0. The summed E-state index contributed by atoms with van der Waals surface area (Å²) in [6, 6.07) is -0.151. The Morgan fingerprint density at radius 2 is 1.87 bits per heavy atom. The molecule has 2 aliphatic rings. The van der Waals surface area contributed by atoms with Gasteiger partial charge in [-0.15, -0.1) is 0 Å². The predicted molar refractivity (Wildman–Crippen MR) is 86.4 cm³/mol. The van der Waals surface area contributed by atoms with Crippen molar-refractivity contribution in [2.45, 2.75) is 13.3 Å². The molecule has 2 aliphatic heterocycles. The maximum Gasteiger partial charge on any atom is 0.319 e. The second-order valence-electron chi connectivity index (χ2n) is 6.78. The van der Waals surface area contributed by atoms with E-state index in [1.165, 1.54) is 15.5 Å². The Bertz CT molecular complexity index is 592. The van der Waals surface area contributed by atoms with Gasteiger partial charge in [0.15, 0.2) is 0 Å². The number of amides is 3. The quantitative estimate of drug-likeness (QED) is 0.674. The molecule has 23 heavy (non-hydrogen) atoms. The minimum atomic E-state index is -3.37. The first-order valence-corrected chi connectivity index (χ1v) is 9.62. The summed E-state index contributed by atoms with van der Waals surface area (Å²) in [4.78, 5) is 29.5. The molecule has 1 atom stereocenters. The minimum Gasteiger partial charge on any atom is -0.342 e. The number of urea groups is 1. The van der Waals surface area contributed by atoms with Crippen LogP contribution in [-0.4, -0.2) is 99.0 Å². The van der Waals surface area contributed by atoms with Gasteiger partial charge in [-0.05, 0) is 6.92 Å². The monoisotopic (exact) mass is 346 g/mol. The van der Waals surface area contributed by atoms with Crippen LogP contribution < -0.4 is 0 Å². The molecule has 0 unspecified atom stereocenters. The van der Waals surface area contributed by atoms with Crippen molar-refractivity contribution in [1.29, 1.82) is 0 Å². The van der Waals surface area contributed by atoms with Crippen LogP contribution in [0.1, 0.15) is 13.3 Å². The van der Waals surface area contributed by atoms with E-state index in [-0.39, 0.29) is 31.4 Å². The van der Waals surface area contributed by atoms with Gasteiger partial charge in [-0.25, -0.2) is 13.2 Å². The number of carbonyl (C=O) groups excluding carboxylic acids is 2. The van der Waals surface area contributed by atoms with E-state index in [0.717, 1.165) is 0 Å². The standard InChI is InChI=1S/C14H26N4O4S/c1-5-16-9-14(8-12(16)19)10-17(13(20)15(2)3)6-7-18(11-14)23(4,21)22/h5-11H2,1-4H3/t14-/m1/s1. The summed E-state index contributed by atoms with van der Waals surface area (Å²) in [6.07, 6.45) is 1.46. The average Bonchev–Trinajstić information content (AvgIpc) is 2.63. The lowest BCUT2D eigenvalue weighted by molar-refractivity contribution is -0.127. The highest BCUT2D eigenvalue weighted by Crippen LogP contribution is 2.35. The Morgan fingerprint density at radius 3 is 2.35 bits per heavy atom. The summed E-state index contributed by atoms with van der Waals surface area (Å²) in [5.41, 5.74) is -0.529. The molecule has 0 saturated carbocycles. The van der Waals surface area contributed by atoms with Crippen LogP contribution in [-0.2, 0) is 14.8 Å². The fourth-order valence-electron chi connectivity index (χ4n) is 3.43. The smallest absolute Gasteiger partial charge is 0.319 e. The molecule has 2 heterocycles. The summed E-state index contributed by atoms with van der Waals surface area (Å²) in [6.45, 7) is 4.29. The number of hydrogen-bond donors (Lipinski definition) is 0. The van der Waals surface area contributed by atoms with Gasteiger partial charge < -0.3 is 14.7 Å². The fraction of sp³-hybridized carbons (Fsp3) is 0.857. The molecule has 0 aromatic heterocycles. The van der Waals surface area contributed by atoms with E-state index >= 15 is 0 Å². The first-order chi connectivity index (χ1) is 10.6. The van der Waals surface area contributed by atoms with Gasteiger partial charge in [0.2, 0.25) is 15.9 Å². The average molecular weight is 346 g/mol. The van der Waals surface area contributed by atoms with Gasteiger partial charge in [0.1, 0.15) is 0 Å². The lowest BCUT2D eigenvalue weighted by Crippen LogP contribution is -2.47. The molecule has 0 N–H and O–H groups in total. The molecule has 0 aromatic carbocycles. The van der Waals surface area contributed by atoms with E-state index in [0.29, 0.717) is 26.2 Å². The number of carbonyl (C=O) groups is 2. The molecule has 0 aromatic rings. The van der Waals surface area contributed by atoms with Gasteiger partial charge >= 0.3 is 6.03 Å². The highest BCUT2D eigenvalue weighted by atomic mass is 32.2. The van der Waals surface area contributed by atoms with Crippen molar-refractivity contribution in [3.8, 4) is 0 Å². The number of hydrogen-bond acceptors (Lipinski definition) is 4. The number of rotatable bonds is 2. The Kier molecular flexibility index (Phi) is 4.91. The van der Waals surface area contributed by atoms with Crippen molar-refractivity contribution in [3.05, 3.63) is 0 Å². The maximum atomic E-state index is 12.4. The lowest BCUT2D eigenvalue weighted by Gasteiger charge is -2.34. The van der Waals surface area contributed by atoms with Crippen molar-refractivity contribution in [2.24, 2.45) is 5.41 Å². The van der Waals surface area contributed by atoms with Gasteiger partial charge in [-0.2, -0.15) is 4.31 Å². The SMILES string of the molecule is CCN1C[C@]2(CC1=O)CN(C(=O)N(C)C)CCN(S(C)(=O)=O)C2. The molecule has 0 radical (unpaired) electrons. The van der Waals surface area contributed by atoms with Crippen molar-refractivity contribution in [1.82, 2.24) is 19.0 Å². The topological polar surface area (TPSA) is 81.2 Å². The van der Waals surface area contributed by atoms with Crippen LogP contribution in [0.2, 0.25) is 0 Å². The molecule has 2 fully saturated rings. The van der Waals surface area contributed by atoms with Crippen LogP contribution in [0.25, 0.3) is 0 Å². The molecule has 3 amide bonds. The zero-order chi connectivity index (χ0) is 17.4. The molecule has 8 nitrogen and oxygen atoms in total. The Morgan fingerprint density at radius 1 is 1.22 bits per heavy atom. The summed E-state index contributed by atoms with van der Waals surface area (Å²) in [7, 11) is -0.0258. The van der Waals surface area contributed by atoms with Crippen molar-refractivity contribution in [3.63, 3.8) is 0 Å². The third-order valence-electron chi connectivity index (χ3n) is 4.57. The second-order valence-corrected chi connectivity index (χ2v) is 8.76. The Hall–Kier alpha value is -1.35. The van der Waals surface area contributed by atoms with E-state index in [2.05, 4.69) is 0 Å². The van der Waals surface area contributed by atoms with Crippen LogP contribution >= 0.6 is 0 Å². The summed E-state index contributed by atoms with van der Waals surface area (Å²) >= 11 is 0. The summed E-state index contributed by atoms with van der Waals surface area (Å²) in [5, 5.41) is 0. The van der Waals surface area contributed by atoms with Crippen LogP contribution in [0.3, 0.4) is 0 Å². The normalized spacial score (nSPS) is 26.7. The van der Waals surface area contributed by atoms with E-state index in [9.17, 15) is 18.0 Å². The number of likely N-dealkylation sites (tertiary alicyclic amines) is 1. The first-order valence-electron chi connectivity index (χ1n) is 7.77. The largest absolute Gasteiger partial charge is 0.342 e. The van der Waals surface area contributed by atoms with E-state index in [4.69, 9.17) is 0 Å². The van der Waals surface area contributed by atoms with E-state index in [1.54, 1.807) is 23.9 Å². The highest BCUT2D eigenvalue weighted by Gasteiger charge is 2.48. The Labute approximate surface area is 138 Å². The van der Waals surface area contributed by atoms with Gasteiger partial charge in [-0.1, -0.05) is 0 Å². The van der Waals surface area contributed by atoms with Crippen LogP contribution in [0.5, 0.6) is 0 Å². The number of sulfonamides is 1. The predicted octanol–water partition coefficient (Wildman–Crippen LogP) is -0.516. The highest BCUT2D eigenvalue weighted by molar-refractivity contribution is 7.88. The summed E-state index contributed by atoms with van der Waals surface area (Å²) < 4.78 is 25.5. The molecular formula is C14H26N4O4S. The molecule has 0 aliphatic carbocycles. The van der Waals surface area contributed by atoms with E-state index in [1.807, 2.05) is 6.92 Å². The third kappa shape index (κ3) is 3.77. The van der Waals surface area contributed by atoms with Gasteiger partial charge in [0, 0.05) is 65.2 Å². The maximum absolute atomic E-state index is 12.4. The van der Waals surface area contributed by atoms with Crippen molar-refractivity contribution in [2.75, 3.05) is 59.6 Å². The minimum absolute atomic E-state index is 0.0279. The number of nitrogens with zero attached hydrogens (tertiary/aromatic N) is 4. The molecule has 2 rings (SSSR count). The lowest BCUT2D eigenvalue weighted by atomic mass is 9.86. The van der Waals surface area contributed by atoms with Gasteiger partial charge in [-0.3, -0.25) is 4.79 Å². The zero-order valence-corrected chi connectivity index (χ0v) is 15.1. The summed E-state index contributed by atoms with van der Waals surface area (Å²) in [5.74, 6) is 0.0279. The van der Waals surface area contributed by atoms with Gasteiger partial charge in [0.05, 0.1) is 6.26 Å². The second kappa shape index (κ2) is 6.27. The molecule has 1 spiro atoms. The molecule has 9 heteroatoms. The fourth-order valence-corrected chi connectivity index (χ4v) is 4.35. The Balaban J connectivity index is 2.33. The van der Waals surface area contributed by atoms with Crippen molar-refractivity contribution >= 4 is 22.0 Å². The molecular weight excluding hydrogens is 320 g/mol. The van der Waals surface area contributed by atoms with Gasteiger partial charge in [0.25, 0.3) is 0 Å².